The van der Waals surface area contributed by atoms with E-state index in [2.05, 4.69) is 5.32 Å². The van der Waals surface area contributed by atoms with Gasteiger partial charge < -0.3 is 10.1 Å². The summed E-state index contributed by atoms with van der Waals surface area (Å²) in [7, 11) is 1.65. The summed E-state index contributed by atoms with van der Waals surface area (Å²) in [6.07, 6.45) is 0. The van der Waals surface area contributed by atoms with Crippen molar-refractivity contribution in [2.45, 2.75) is 6.04 Å². The zero-order chi connectivity index (χ0) is 10.7. The lowest BCUT2D eigenvalue weighted by atomic mass is 10.1. The molecule has 4 heteroatoms. The number of rotatable bonds is 2. The van der Waals surface area contributed by atoms with Crippen molar-refractivity contribution in [2.75, 3.05) is 18.6 Å². The second kappa shape index (κ2) is 4.57. The largest absolute Gasteiger partial charge is 0.496 e. The lowest BCUT2D eigenvalue weighted by Gasteiger charge is -2.24. The van der Waals surface area contributed by atoms with Gasteiger partial charge in [-0.1, -0.05) is 18.2 Å². The lowest BCUT2D eigenvalue weighted by molar-refractivity contribution is -0.119. The number of para-hydroxylation sites is 1. The number of carbonyl (C=O) groups excluding carboxylic acids is 1. The minimum atomic E-state index is 0.0763. The monoisotopic (exact) mass is 223 g/mol. The summed E-state index contributed by atoms with van der Waals surface area (Å²) in [5, 5.41) is 2.97. The van der Waals surface area contributed by atoms with E-state index >= 15 is 0 Å². The molecule has 1 heterocycles. The second-order valence-electron chi connectivity index (χ2n) is 3.38. The molecule has 1 amide bonds. The van der Waals surface area contributed by atoms with Crippen LogP contribution in [0.2, 0.25) is 0 Å². The maximum absolute atomic E-state index is 11.3. The smallest absolute Gasteiger partial charge is 0.230 e. The molecule has 1 unspecified atom stereocenters. The van der Waals surface area contributed by atoms with Gasteiger partial charge in [0.15, 0.2) is 0 Å². The number of benzene rings is 1. The molecule has 0 radical (unpaired) electrons. The van der Waals surface area contributed by atoms with Crippen LogP contribution in [0.3, 0.4) is 0 Å². The Balaban J connectivity index is 2.24. The van der Waals surface area contributed by atoms with Crippen LogP contribution in [0.1, 0.15) is 11.6 Å². The zero-order valence-electron chi connectivity index (χ0n) is 8.53. The molecular weight excluding hydrogens is 210 g/mol. The second-order valence-corrected chi connectivity index (χ2v) is 4.41. The summed E-state index contributed by atoms with van der Waals surface area (Å²) >= 11 is 1.66. The van der Waals surface area contributed by atoms with E-state index in [1.54, 1.807) is 18.9 Å². The van der Waals surface area contributed by atoms with Crippen LogP contribution in [0.4, 0.5) is 0 Å². The number of nitrogens with one attached hydrogen (secondary N) is 1. The van der Waals surface area contributed by atoms with Crippen molar-refractivity contribution in [3.8, 4) is 5.75 Å². The van der Waals surface area contributed by atoms with E-state index in [-0.39, 0.29) is 11.9 Å². The predicted molar refractivity (Wildman–Crippen MR) is 61.2 cm³/mol. The van der Waals surface area contributed by atoms with Gasteiger partial charge in [0.2, 0.25) is 5.91 Å². The Morgan fingerprint density at radius 3 is 3.00 bits per heavy atom. The van der Waals surface area contributed by atoms with Crippen molar-refractivity contribution in [1.82, 2.24) is 5.32 Å². The van der Waals surface area contributed by atoms with E-state index in [1.165, 1.54) is 0 Å². The fourth-order valence-electron chi connectivity index (χ4n) is 1.67. The zero-order valence-corrected chi connectivity index (χ0v) is 9.34. The van der Waals surface area contributed by atoms with Crippen LogP contribution >= 0.6 is 11.8 Å². The number of amides is 1. The first kappa shape index (κ1) is 10.4. The van der Waals surface area contributed by atoms with Gasteiger partial charge in [-0.3, -0.25) is 4.79 Å². The Morgan fingerprint density at radius 2 is 2.27 bits per heavy atom. The molecule has 15 heavy (non-hydrogen) atoms. The van der Waals surface area contributed by atoms with E-state index < -0.39 is 0 Å². The number of ether oxygens (including phenoxy) is 1. The van der Waals surface area contributed by atoms with E-state index in [9.17, 15) is 4.79 Å². The van der Waals surface area contributed by atoms with E-state index in [0.717, 1.165) is 17.1 Å². The highest BCUT2D eigenvalue weighted by molar-refractivity contribution is 8.00. The van der Waals surface area contributed by atoms with Crippen LogP contribution in [0.25, 0.3) is 0 Å². The van der Waals surface area contributed by atoms with Crippen LogP contribution in [0.5, 0.6) is 5.75 Å². The molecule has 1 aromatic carbocycles. The van der Waals surface area contributed by atoms with Crippen LogP contribution in [-0.2, 0) is 4.79 Å². The Kier molecular flexibility index (Phi) is 3.16. The van der Waals surface area contributed by atoms with Crippen molar-refractivity contribution in [3.63, 3.8) is 0 Å². The topological polar surface area (TPSA) is 38.3 Å². The lowest BCUT2D eigenvalue weighted by Crippen LogP contribution is -2.35. The van der Waals surface area contributed by atoms with Gasteiger partial charge in [-0.2, -0.15) is 0 Å². The maximum atomic E-state index is 11.3. The summed E-state index contributed by atoms with van der Waals surface area (Å²) in [6, 6.07) is 7.88. The Bertz CT molecular complexity index is 367. The van der Waals surface area contributed by atoms with E-state index in [1.807, 2.05) is 24.3 Å². The van der Waals surface area contributed by atoms with Crippen LogP contribution in [0.15, 0.2) is 24.3 Å². The minimum absolute atomic E-state index is 0.0763. The first-order chi connectivity index (χ1) is 7.31. The van der Waals surface area contributed by atoms with Crippen molar-refractivity contribution >= 4 is 17.7 Å². The molecule has 0 aromatic heterocycles. The van der Waals surface area contributed by atoms with Gasteiger partial charge in [0.25, 0.3) is 0 Å². The summed E-state index contributed by atoms with van der Waals surface area (Å²) in [5.74, 6) is 2.41. The molecule has 2 rings (SSSR count). The predicted octanol–water partition coefficient (Wildman–Crippen LogP) is 1.60. The third-order valence-electron chi connectivity index (χ3n) is 2.37. The van der Waals surface area contributed by atoms with Gasteiger partial charge in [0, 0.05) is 11.3 Å². The standard InChI is InChI=1S/C11H13NO2S/c1-14-10-5-3-2-4-8(10)9-6-15-7-11(13)12-9/h2-5,9H,6-7H2,1H3,(H,12,13). The molecule has 1 fully saturated rings. The highest BCUT2D eigenvalue weighted by Crippen LogP contribution is 2.29. The number of methoxy groups -OCH3 is 1. The molecule has 1 aliphatic rings. The van der Waals surface area contributed by atoms with Crippen LogP contribution in [0, 0.1) is 0 Å². The Hall–Kier alpha value is -1.16. The van der Waals surface area contributed by atoms with E-state index in [4.69, 9.17) is 4.74 Å². The van der Waals surface area contributed by atoms with Gasteiger partial charge in [-0.15, -0.1) is 11.8 Å². The minimum Gasteiger partial charge on any atom is -0.496 e. The van der Waals surface area contributed by atoms with Crippen molar-refractivity contribution in [3.05, 3.63) is 29.8 Å². The summed E-state index contributed by atoms with van der Waals surface area (Å²) in [4.78, 5) is 11.3. The van der Waals surface area contributed by atoms with Crippen molar-refractivity contribution < 1.29 is 9.53 Å². The first-order valence-electron chi connectivity index (χ1n) is 4.81. The van der Waals surface area contributed by atoms with Gasteiger partial charge in [0.1, 0.15) is 5.75 Å². The van der Waals surface area contributed by atoms with Crippen molar-refractivity contribution in [1.29, 1.82) is 0 Å². The number of hydrogen-bond acceptors (Lipinski definition) is 3. The highest BCUT2D eigenvalue weighted by atomic mass is 32.2. The average molecular weight is 223 g/mol. The molecule has 1 saturated heterocycles. The summed E-state index contributed by atoms with van der Waals surface area (Å²) in [6.45, 7) is 0. The molecule has 80 valence electrons. The molecule has 0 bridgehead atoms. The maximum Gasteiger partial charge on any atom is 0.230 e. The number of hydrogen-bond donors (Lipinski definition) is 1. The number of thioether (sulfide) groups is 1. The quantitative estimate of drug-likeness (QED) is 0.827. The number of carbonyl (C=O) groups is 1. The molecule has 1 aliphatic heterocycles. The molecule has 0 spiro atoms. The normalized spacial score (nSPS) is 20.9. The molecule has 0 aliphatic carbocycles. The summed E-state index contributed by atoms with van der Waals surface area (Å²) in [5.41, 5.74) is 1.06. The SMILES string of the molecule is COc1ccccc1C1CSCC(=O)N1. The Labute approximate surface area is 93.2 Å². The molecule has 3 nitrogen and oxygen atoms in total. The average Bonchev–Trinajstić information content (AvgIpc) is 2.29. The molecule has 1 atom stereocenters. The van der Waals surface area contributed by atoms with Gasteiger partial charge >= 0.3 is 0 Å². The van der Waals surface area contributed by atoms with Crippen LogP contribution < -0.4 is 10.1 Å². The van der Waals surface area contributed by atoms with Gasteiger partial charge in [0.05, 0.1) is 18.9 Å². The molecular formula is C11H13NO2S. The Morgan fingerprint density at radius 1 is 1.47 bits per heavy atom. The fourth-order valence-corrected chi connectivity index (χ4v) is 2.55. The third-order valence-corrected chi connectivity index (χ3v) is 3.40. The van der Waals surface area contributed by atoms with Crippen LogP contribution in [-0.4, -0.2) is 24.5 Å². The summed E-state index contributed by atoms with van der Waals surface area (Å²) < 4.78 is 5.27. The highest BCUT2D eigenvalue weighted by Gasteiger charge is 2.22. The third kappa shape index (κ3) is 2.26. The van der Waals surface area contributed by atoms with Crippen molar-refractivity contribution in [2.24, 2.45) is 0 Å². The van der Waals surface area contributed by atoms with Gasteiger partial charge in [-0.05, 0) is 6.07 Å². The molecule has 1 N–H and O–H groups in total. The molecule has 1 aromatic rings. The first-order valence-corrected chi connectivity index (χ1v) is 5.97. The molecule has 0 saturated carbocycles. The van der Waals surface area contributed by atoms with Gasteiger partial charge in [-0.25, -0.2) is 0 Å². The van der Waals surface area contributed by atoms with E-state index in [0.29, 0.717) is 5.75 Å². The fraction of sp³-hybridized carbons (Fsp3) is 0.364.